The molecule has 2 N–H and O–H groups in total. The molecule has 1 aromatic carbocycles. The standard InChI is InChI=1S/C16H18N2O3S3/c1-11-9-16(19)18-14-10-13(4-5-15(14)23-11)24(20,21)17-7-6-12-3-2-8-22-12/h2-5,8,10-11,17H,6-7,9H2,1H3,(H,18,19)/t11-/m0/s1. The van der Waals surface area contributed by atoms with E-state index < -0.39 is 10.0 Å². The van der Waals surface area contributed by atoms with E-state index >= 15 is 0 Å². The lowest BCUT2D eigenvalue weighted by molar-refractivity contribution is -0.116. The number of rotatable bonds is 5. The topological polar surface area (TPSA) is 75.3 Å². The predicted octanol–water partition coefficient (Wildman–Crippen LogP) is 3.09. The van der Waals surface area contributed by atoms with Crippen LogP contribution in [0.4, 0.5) is 5.69 Å². The Labute approximate surface area is 149 Å². The van der Waals surface area contributed by atoms with Crippen molar-refractivity contribution in [2.75, 3.05) is 11.9 Å². The highest BCUT2D eigenvalue weighted by molar-refractivity contribution is 8.00. The molecule has 1 aliphatic rings. The van der Waals surface area contributed by atoms with E-state index in [9.17, 15) is 13.2 Å². The Morgan fingerprint density at radius 2 is 2.17 bits per heavy atom. The predicted molar refractivity (Wildman–Crippen MR) is 98.2 cm³/mol. The summed E-state index contributed by atoms with van der Waals surface area (Å²) in [5.41, 5.74) is 0.565. The average molecular weight is 383 g/mol. The van der Waals surface area contributed by atoms with E-state index in [1.165, 1.54) is 6.07 Å². The molecule has 0 spiro atoms. The van der Waals surface area contributed by atoms with Gasteiger partial charge >= 0.3 is 0 Å². The number of thiophene rings is 1. The summed E-state index contributed by atoms with van der Waals surface area (Å²) in [6, 6.07) is 8.81. The number of amides is 1. The molecule has 2 heterocycles. The fourth-order valence-corrected chi connectivity index (χ4v) is 5.26. The second-order valence-corrected chi connectivity index (χ2v) is 9.85. The fraction of sp³-hybridized carbons (Fsp3) is 0.312. The van der Waals surface area contributed by atoms with Crippen LogP contribution in [0.2, 0.25) is 0 Å². The number of nitrogens with one attached hydrogen (secondary N) is 2. The minimum Gasteiger partial charge on any atom is -0.325 e. The number of benzene rings is 1. The first-order chi connectivity index (χ1) is 11.4. The van der Waals surface area contributed by atoms with E-state index in [1.807, 2.05) is 24.4 Å². The van der Waals surface area contributed by atoms with Crippen LogP contribution in [0.25, 0.3) is 0 Å². The summed E-state index contributed by atoms with van der Waals surface area (Å²) in [4.78, 5) is 14.0. The van der Waals surface area contributed by atoms with Crippen LogP contribution in [0.5, 0.6) is 0 Å². The van der Waals surface area contributed by atoms with Crippen LogP contribution in [-0.4, -0.2) is 26.1 Å². The molecular weight excluding hydrogens is 364 g/mol. The summed E-state index contributed by atoms with van der Waals surface area (Å²) in [6.45, 7) is 2.33. The highest BCUT2D eigenvalue weighted by atomic mass is 32.2. The number of anilines is 1. The number of carbonyl (C=O) groups excluding carboxylic acids is 1. The Bertz CT molecular complexity index is 832. The van der Waals surface area contributed by atoms with Gasteiger partial charge in [0.2, 0.25) is 15.9 Å². The zero-order valence-corrected chi connectivity index (χ0v) is 15.6. The first kappa shape index (κ1) is 17.5. The minimum absolute atomic E-state index is 0.0889. The molecule has 5 nitrogen and oxygen atoms in total. The van der Waals surface area contributed by atoms with Crippen molar-refractivity contribution in [3.05, 3.63) is 40.6 Å². The second-order valence-electron chi connectivity index (χ2n) is 5.57. The Kier molecular flexibility index (Phi) is 5.29. The van der Waals surface area contributed by atoms with Gasteiger partial charge in [-0.25, -0.2) is 13.1 Å². The van der Waals surface area contributed by atoms with E-state index in [4.69, 9.17) is 0 Å². The van der Waals surface area contributed by atoms with Gasteiger partial charge in [-0.3, -0.25) is 4.79 Å². The zero-order valence-electron chi connectivity index (χ0n) is 13.1. The number of carbonyl (C=O) groups is 1. The largest absolute Gasteiger partial charge is 0.325 e. The summed E-state index contributed by atoms with van der Waals surface area (Å²) in [5.74, 6) is -0.0889. The number of fused-ring (bicyclic) bond motifs is 1. The van der Waals surface area contributed by atoms with Crippen molar-refractivity contribution in [1.29, 1.82) is 0 Å². The molecule has 1 atom stereocenters. The van der Waals surface area contributed by atoms with Crippen LogP contribution in [0.1, 0.15) is 18.2 Å². The van der Waals surface area contributed by atoms with Crippen molar-refractivity contribution in [2.24, 2.45) is 0 Å². The van der Waals surface area contributed by atoms with Crippen molar-refractivity contribution in [1.82, 2.24) is 4.72 Å². The quantitative estimate of drug-likeness (QED) is 0.833. The minimum atomic E-state index is -3.60. The zero-order chi connectivity index (χ0) is 17.2. The molecule has 3 rings (SSSR count). The number of thioether (sulfide) groups is 1. The molecule has 1 aliphatic heterocycles. The van der Waals surface area contributed by atoms with E-state index in [0.717, 1.165) is 9.77 Å². The molecule has 0 unspecified atom stereocenters. The van der Waals surface area contributed by atoms with Gasteiger partial charge in [-0.05, 0) is 36.1 Å². The summed E-state index contributed by atoms with van der Waals surface area (Å²) in [6.07, 6.45) is 1.08. The molecule has 0 radical (unpaired) electrons. The van der Waals surface area contributed by atoms with E-state index in [0.29, 0.717) is 25.1 Å². The molecule has 8 heteroatoms. The second kappa shape index (κ2) is 7.26. The van der Waals surface area contributed by atoms with Gasteiger partial charge in [-0.1, -0.05) is 13.0 Å². The summed E-state index contributed by atoms with van der Waals surface area (Å²) in [5, 5.41) is 4.93. The first-order valence-corrected chi connectivity index (χ1v) is 10.8. The maximum Gasteiger partial charge on any atom is 0.240 e. The Morgan fingerprint density at radius 1 is 1.33 bits per heavy atom. The Morgan fingerprint density at radius 3 is 2.92 bits per heavy atom. The van der Waals surface area contributed by atoms with E-state index in [-0.39, 0.29) is 16.1 Å². The van der Waals surface area contributed by atoms with Gasteiger partial charge in [0, 0.05) is 28.0 Å². The van der Waals surface area contributed by atoms with Crippen LogP contribution < -0.4 is 10.0 Å². The third-order valence-electron chi connectivity index (χ3n) is 3.58. The molecule has 0 fully saturated rings. The molecule has 0 aliphatic carbocycles. The van der Waals surface area contributed by atoms with Gasteiger partial charge < -0.3 is 5.32 Å². The lowest BCUT2D eigenvalue weighted by atomic mass is 10.3. The van der Waals surface area contributed by atoms with Crippen LogP contribution in [0.3, 0.4) is 0 Å². The van der Waals surface area contributed by atoms with Crippen molar-refractivity contribution >= 4 is 44.7 Å². The van der Waals surface area contributed by atoms with Gasteiger partial charge in [0.1, 0.15) is 0 Å². The Balaban J connectivity index is 1.75. The molecule has 128 valence electrons. The lowest BCUT2D eigenvalue weighted by Crippen LogP contribution is -2.26. The van der Waals surface area contributed by atoms with Crippen molar-refractivity contribution in [3.63, 3.8) is 0 Å². The van der Waals surface area contributed by atoms with Crippen LogP contribution in [-0.2, 0) is 21.2 Å². The third-order valence-corrected chi connectivity index (χ3v) is 7.15. The highest BCUT2D eigenvalue weighted by Gasteiger charge is 2.22. The SMILES string of the molecule is C[C@H]1CC(=O)Nc2cc(S(=O)(=O)NCCc3cccs3)ccc2S1. The Hall–Kier alpha value is -1.35. The monoisotopic (exact) mass is 382 g/mol. The van der Waals surface area contributed by atoms with Crippen LogP contribution in [0, 0.1) is 0 Å². The molecule has 0 saturated carbocycles. The van der Waals surface area contributed by atoms with Gasteiger partial charge in [0.15, 0.2) is 0 Å². The number of hydrogen-bond acceptors (Lipinski definition) is 5. The van der Waals surface area contributed by atoms with Crippen molar-refractivity contribution in [2.45, 2.75) is 34.8 Å². The molecule has 1 aromatic heterocycles. The summed E-state index contributed by atoms with van der Waals surface area (Å²) >= 11 is 3.18. The summed E-state index contributed by atoms with van der Waals surface area (Å²) in [7, 11) is -3.60. The lowest BCUT2D eigenvalue weighted by Gasteiger charge is -2.11. The highest BCUT2D eigenvalue weighted by Crippen LogP contribution is 2.36. The average Bonchev–Trinajstić information content (AvgIpc) is 2.96. The van der Waals surface area contributed by atoms with E-state index in [1.54, 1.807) is 35.2 Å². The van der Waals surface area contributed by atoms with Gasteiger partial charge in [0.05, 0.1) is 10.6 Å². The molecule has 0 bridgehead atoms. The molecule has 0 saturated heterocycles. The summed E-state index contributed by atoms with van der Waals surface area (Å²) < 4.78 is 27.5. The van der Waals surface area contributed by atoms with Crippen LogP contribution >= 0.6 is 23.1 Å². The van der Waals surface area contributed by atoms with Gasteiger partial charge in [0.25, 0.3) is 0 Å². The normalized spacial score (nSPS) is 17.9. The number of hydrogen-bond donors (Lipinski definition) is 2. The van der Waals surface area contributed by atoms with Gasteiger partial charge in [-0.15, -0.1) is 23.1 Å². The van der Waals surface area contributed by atoms with Crippen molar-refractivity contribution < 1.29 is 13.2 Å². The van der Waals surface area contributed by atoms with Crippen LogP contribution in [0.15, 0.2) is 45.5 Å². The maximum atomic E-state index is 12.5. The third kappa shape index (κ3) is 4.18. The van der Waals surface area contributed by atoms with Gasteiger partial charge in [-0.2, -0.15) is 0 Å². The number of sulfonamides is 1. The smallest absolute Gasteiger partial charge is 0.240 e. The molecule has 24 heavy (non-hydrogen) atoms. The molecule has 1 amide bonds. The first-order valence-electron chi connectivity index (χ1n) is 7.56. The molecule has 2 aromatic rings. The van der Waals surface area contributed by atoms with Crippen molar-refractivity contribution in [3.8, 4) is 0 Å². The van der Waals surface area contributed by atoms with E-state index in [2.05, 4.69) is 10.0 Å². The maximum absolute atomic E-state index is 12.5. The molecular formula is C16H18N2O3S3. The fourth-order valence-electron chi connectivity index (χ4n) is 2.44.